The molecule has 0 aliphatic carbocycles. The number of hydrogen-bond donors (Lipinski definition) is 2. The molecule has 1 unspecified atom stereocenters. The lowest BCUT2D eigenvalue weighted by Crippen LogP contribution is -2.39. The molecular weight excluding hydrogens is 347 g/mol. The number of halogens is 3. The van der Waals surface area contributed by atoms with Crippen LogP contribution in [-0.4, -0.2) is 51.4 Å². The van der Waals surface area contributed by atoms with Gasteiger partial charge in [-0.3, -0.25) is 0 Å². The first-order valence-electron chi connectivity index (χ1n) is 8.30. The summed E-state index contributed by atoms with van der Waals surface area (Å²) in [7, 11) is 2.05. The topological polar surface area (TPSA) is 74.2 Å². The van der Waals surface area contributed by atoms with Gasteiger partial charge in [-0.2, -0.15) is 13.2 Å². The second-order valence-corrected chi connectivity index (χ2v) is 6.60. The highest BCUT2D eigenvalue weighted by Gasteiger charge is 2.32. The van der Waals surface area contributed by atoms with Gasteiger partial charge in [0.15, 0.2) is 11.6 Å². The Hall–Kier alpha value is -2.42. The van der Waals surface area contributed by atoms with Gasteiger partial charge in [-0.1, -0.05) is 0 Å². The van der Waals surface area contributed by atoms with Crippen LogP contribution in [0.1, 0.15) is 24.0 Å². The summed E-state index contributed by atoms with van der Waals surface area (Å²) in [6.07, 6.45) is -0.938. The van der Waals surface area contributed by atoms with E-state index in [1.165, 1.54) is 13.1 Å². The molecule has 2 aromatic rings. The average Bonchev–Trinajstić information content (AvgIpc) is 2.55. The van der Waals surface area contributed by atoms with Crippen molar-refractivity contribution in [3.05, 3.63) is 29.5 Å². The number of hydrogen-bond acceptors (Lipinski definition) is 6. The second kappa shape index (κ2) is 7.06. The first-order valence-corrected chi connectivity index (χ1v) is 8.30. The van der Waals surface area contributed by atoms with Crippen molar-refractivity contribution in [2.45, 2.75) is 32.0 Å². The Morgan fingerprint density at radius 1 is 1.27 bits per heavy atom. The molecule has 1 fully saturated rings. The fourth-order valence-corrected chi connectivity index (χ4v) is 3.17. The van der Waals surface area contributed by atoms with Crippen LogP contribution >= 0.6 is 0 Å². The maximum absolute atomic E-state index is 12.8. The number of phenols is 1. The molecule has 0 amide bonds. The van der Waals surface area contributed by atoms with Gasteiger partial charge in [0.1, 0.15) is 5.75 Å². The number of rotatable bonds is 3. The Bertz CT molecular complexity index is 756. The number of anilines is 1. The van der Waals surface area contributed by atoms with Crippen LogP contribution in [-0.2, 0) is 6.18 Å². The Labute approximate surface area is 149 Å². The smallest absolute Gasteiger partial charge is 0.416 e. The number of nitrogens with zero attached hydrogens (tertiary/aromatic N) is 4. The summed E-state index contributed by atoms with van der Waals surface area (Å²) in [5.74, 6) is 0.0619. The lowest BCUT2D eigenvalue weighted by Gasteiger charge is -2.30. The zero-order valence-electron chi connectivity index (χ0n) is 14.5. The van der Waals surface area contributed by atoms with Crippen molar-refractivity contribution >= 4 is 5.82 Å². The van der Waals surface area contributed by atoms with E-state index in [-0.39, 0.29) is 23.0 Å². The number of likely N-dealkylation sites (N-methyl/N-ethyl adjacent to an activating group) is 1. The first kappa shape index (κ1) is 18.4. The van der Waals surface area contributed by atoms with Crippen molar-refractivity contribution < 1.29 is 18.3 Å². The molecule has 1 atom stereocenters. The highest BCUT2D eigenvalue weighted by atomic mass is 19.4. The van der Waals surface area contributed by atoms with E-state index in [4.69, 9.17) is 0 Å². The largest absolute Gasteiger partial charge is 0.507 e. The van der Waals surface area contributed by atoms with Crippen LogP contribution in [0.5, 0.6) is 5.75 Å². The molecule has 0 spiro atoms. The van der Waals surface area contributed by atoms with Crippen molar-refractivity contribution in [1.29, 1.82) is 0 Å². The normalized spacial score (nSPS) is 18.7. The van der Waals surface area contributed by atoms with Crippen LogP contribution < -0.4 is 5.32 Å². The molecule has 6 nitrogen and oxygen atoms in total. The Morgan fingerprint density at radius 2 is 2.04 bits per heavy atom. The molecule has 0 bridgehead atoms. The van der Waals surface area contributed by atoms with Crippen LogP contribution in [0.15, 0.2) is 18.3 Å². The number of aromatic nitrogens is 3. The number of aromatic hydroxyl groups is 1. The number of phenolic OH excluding ortho intramolecular Hbond substituents is 1. The number of nitrogens with one attached hydrogen (secondary N) is 1. The summed E-state index contributed by atoms with van der Waals surface area (Å²) >= 11 is 0. The number of alkyl halides is 3. The van der Waals surface area contributed by atoms with Gasteiger partial charge in [0.05, 0.1) is 17.3 Å². The first-order chi connectivity index (χ1) is 12.2. The molecule has 0 saturated carbocycles. The lowest BCUT2D eigenvalue weighted by molar-refractivity contribution is -0.137. The van der Waals surface area contributed by atoms with Gasteiger partial charge in [-0.25, -0.2) is 4.98 Å². The zero-order valence-corrected chi connectivity index (χ0v) is 14.5. The lowest BCUT2D eigenvalue weighted by atomic mass is 10.0. The third-order valence-electron chi connectivity index (χ3n) is 4.40. The molecule has 2 N–H and O–H groups in total. The molecule has 9 heteroatoms. The summed E-state index contributed by atoms with van der Waals surface area (Å²) < 4.78 is 38.5. The van der Waals surface area contributed by atoms with E-state index in [1.807, 2.05) is 0 Å². The van der Waals surface area contributed by atoms with Crippen molar-refractivity contribution in [1.82, 2.24) is 20.1 Å². The van der Waals surface area contributed by atoms with E-state index in [1.54, 1.807) is 0 Å². The Balaban J connectivity index is 1.80. The molecule has 2 heterocycles. The molecule has 1 aliphatic heterocycles. The fraction of sp³-hybridized carbons (Fsp3) is 0.471. The van der Waals surface area contributed by atoms with Gasteiger partial charge < -0.3 is 15.3 Å². The summed E-state index contributed by atoms with van der Waals surface area (Å²) in [6, 6.07) is 1.88. The molecule has 1 aromatic carbocycles. The van der Waals surface area contributed by atoms with Gasteiger partial charge in [-0.05, 0) is 51.1 Å². The minimum absolute atomic E-state index is 0.0834. The quantitative estimate of drug-likeness (QED) is 0.869. The van der Waals surface area contributed by atoms with E-state index in [0.717, 1.165) is 32.0 Å². The van der Waals surface area contributed by atoms with E-state index in [0.29, 0.717) is 11.9 Å². The third-order valence-corrected chi connectivity index (χ3v) is 4.40. The van der Waals surface area contributed by atoms with Crippen molar-refractivity contribution in [2.24, 2.45) is 0 Å². The van der Waals surface area contributed by atoms with Crippen molar-refractivity contribution in [2.75, 3.05) is 25.5 Å². The second-order valence-electron chi connectivity index (χ2n) is 6.60. The predicted molar refractivity (Wildman–Crippen MR) is 90.8 cm³/mol. The van der Waals surface area contributed by atoms with E-state index in [9.17, 15) is 18.3 Å². The standard InChI is InChI=1S/C17H20F3N5O/c1-10-6-11(17(18,19)20)7-13(26)15(10)16-21-8-14(23-24-16)22-12-4-3-5-25(2)9-12/h6-8,12,26H,3-5,9H2,1-2H3,(H,22,23). The van der Waals surface area contributed by atoms with Crippen LogP contribution in [0.2, 0.25) is 0 Å². The maximum atomic E-state index is 12.8. The number of benzene rings is 1. The number of aryl methyl sites for hydroxylation is 1. The Morgan fingerprint density at radius 3 is 2.62 bits per heavy atom. The van der Waals surface area contributed by atoms with Crippen molar-refractivity contribution in [3.63, 3.8) is 0 Å². The molecular formula is C17H20F3N5O. The van der Waals surface area contributed by atoms with E-state index < -0.39 is 17.5 Å². The van der Waals surface area contributed by atoms with E-state index >= 15 is 0 Å². The fourth-order valence-electron chi connectivity index (χ4n) is 3.17. The molecule has 140 valence electrons. The van der Waals surface area contributed by atoms with Gasteiger partial charge in [-0.15, -0.1) is 10.2 Å². The zero-order chi connectivity index (χ0) is 18.9. The summed E-state index contributed by atoms with van der Waals surface area (Å²) in [4.78, 5) is 6.38. The number of likely N-dealkylation sites (tertiary alicyclic amines) is 1. The van der Waals surface area contributed by atoms with Crippen LogP contribution in [0.4, 0.5) is 19.0 Å². The molecule has 3 rings (SSSR count). The molecule has 1 aromatic heterocycles. The monoisotopic (exact) mass is 367 g/mol. The molecule has 1 saturated heterocycles. The SMILES string of the molecule is Cc1cc(C(F)(F)F)cc(O)c1-c1ncc(NC2CCCN(C)C2)nn1. The third kappa shape index (κ3) is 4.04. The van der Waals surface area contributed by atoms with Gasteiger partial charge in [0, 0.05) is 12.6 Å². The average molecular weight is 367 g/mol. The number of piperidine rings is 1. The minimum Gasteiger partial charge on any atom is -0.507 e. The highest BCUT2D eigenvalue weighted by molar-refractivity contribution is 5.68. The van der Waals surface area contributed by atoms with Gasteiger partial charge in [0.2, 0.25) is 0 Å². The molecule has 26 heavy (non-hydrogen) atoms. The van der Waals surface area contributed by atoms with Gasteiger partial charge in [0.25, 0.3) is 0 Å². The minimum atomic E-state index is -4.53. The van der Waals surface area contributed by atoms with Crippen LogP contribution in [0.25, 0.3) is 11.4 Å². The predicted octanol–water partition coefficient (Wildman–Crippen LogP) is 3.08. The summed E-state index contributed by atoms with van der Waals surface area (Å²) in [6.45, 7) is 3.42. The van der Waals surface area contributed by atoms with Crippen molar-refractivity contribution in [3.8, 4) is 17.1 Å². The van der Waals surface area contributed by atoms with Crippen LogP contribution in [0, 0.1) is 6.92 Å². The summed E-state index contributed by atoms with van der Waals surface area (Å²) in [5.41, 5.74) is -0.535. The van der Waals surface area contributed by atoms with Gasteiger partial charge >= 0.3 is 6.18 Å². The van der Waals surface area contributed by atoms with E-state index in [2.05, 4.69) is 32.4 Å². The highest BCUT2D eigenvalue weighted by Crippen LogP contribution is 2.37. The Kier molecular flexibility index (Phi) is 4.99. The summed E-state index contributed by atoms with van der Waals surface area (Å²) in [5, 5.41) is 21.3. The molecule has 1 aliphatic rings. The maximum Gasteiger partial charge on any atom is 0.416 e. The van der Waals surface area contributed by atoms with Crippen LogP contribution in [0.3, 0.4) is 0 Å². The molecule has 0 radical (unpaired) electrons.